The smallest absolute Gasteiger partial charge is 0.145 e. The van der Waals surface area contributed by atoms with E-state index in [0.29, 0.717) is 18.9 Å². The van der Waals surface area contributed by atoms with Gasteiger partial charge in [-0.3, -0.25) is 0 Å². The van der Waals surface area contributed by atoms with Crippen LogP contribution in [-0.2, 0) is 11.3 Å². The number of nitrogens with zero attached hydrogens (tertiary/aromatic N) is 2. The van der Waals surface area contributed by atoms with Crippen molar-refractivity contribution in [3.05, 3.63) is 29.6 Å². The molecule has 0 saturated heterocycles. The van der Waals surface area contributed by atoms with E-state index in [-0.39, 0.29) is 5.54 Å². The van der Waals surface area contributed by atoms with Crippen LogP contribution in [0.4, 0.5) is 0 Å². The summed E-state index contributed by atoms with van der Waals surface area (Å²) in [6.45, 7) is 4.60. The molecule has 0 bridgehead atoms. The number of nitriles is 1. The summed E-state index contributed by atoms with van der Waals surface area (Å²) < 4.78 is 5.41. The lowest BCUT2D eigenvalue weighted by atomic mass is 10.1. The highest BCUT2D eigenvalue weighted by atomic mass is 16.5. The Kier molecular flexibility index (Phi) is 3.78. The van der Waals surface area contributed by atoms with Gasteiger partial charge in [-0.15, -0.1) is 0 Å². The lowest BCUT2D eigenvalue weighted by molar-refractivity contribution is 0.0848. The first-order valence-corrected chi connectivity index (χ1v) is 4.73. The van der Waals surface area contributed by atoms with Gasteiger partial charge < -0.3 is 10.5 Å². The van der Waals surface area contributed by atoms with Gasteiger partial charge in [-0.05, 0) is 19.9 Å². The lowest BCUT2D eigenvalue weighted by Gasteiger charge is -2.18. The van der Waals surface area contributed by atoms with Gasteiger partial charge in [0.05, 0.1) is 13.2 Å². The molecule has 0 amide bonds. The molecule has 4 heteroatoms. The molecular weight excluding hydrogens is 190 g/mol. The summed E-state index contributed by atoms with van der Waals surface area (Å²) in [6, 6.07) is 5.63. The van der Waals surface area contributed by atoms with Gasteiger partial charge in [0.1, 0.15) is 11.8 Å². The van der Waals surface area contributed by atoms with Crippen LogP contribution in [0.5, 0.6) is 0 Å². The van der Waals surface area contributed by atoms with E-state index >= 15 is 0 Å². The normalized spacial score (nSPS) is 11.1. The number of nitrogens with two attached hydrogens (primary N) is 1. The molecule has 4 nitrogen and oxygen atoms in total. The van der Waals surface area contributed by atoms with Crippen LogP contribution in [0.15, 0.2) is 18.3 Å². The molecule has 0 atom stereocenters. The molecule has 1 aromatic heterocycles. The quantitative estimate of drug-likeness (QED) is 0.801. The molecule has 1 aromatic rings. The van der Waals surface area contributed by atoms with E-state index in [1.165, 1.54) is 0 Å². The molecule has 0 fully saturated rings. The average Bonchev–Trinajstić information content (AvgIpc) is 2.16. The second kappa shape index (κ2) is 4.87. The first-order chi connectivity index (χ1) is 7.03. The Labute approximate surface area is 89.7 Å². The zero-order valence-corrected chi connectivity index (χ0v) is 9.03. The summed E-state index contributed by atoms with van der Waals surface area (Å²) in [7, 11) is 0. The van der Waals surface area contributed by atoms with Gasteiger partial charge in [0.2, 0.25) is 0 Å². The largest absolute Gasteiger partial charge is 0.375 e. The van der Waals surface area contributed by atoms with Crippen molar-refractivity contribution in [1.29, 1.82) is 5.26 Å². The van der Waals surface area contributed by atoms with E-state index in [1.807, 2.05) is 26.0 Å². The fourth-order valence-corrected chi connectivity index (χ4v) is 1.08. The monoisotopic (exact) mass is 205 g/mol. The van der Waals surface area contributed by atoms with Crippen molar-refractivity contribution in [2.24, 2.45) is 5.73 Å². The second-order valence-electron chi connectivity index (χ2n) is 4.10. The Bertz CT molecular complexity index is 363. The zero-order valence-electron chi connectivity index (χ0n) is 9.03. The maximum atomic E-state index is 8.78. The molecule has 80 valence electrons. The third-order valence-corrected chi connectivity index (χ3v) is 1.73. The highest BCUT2D eigenvalue weighted by molar-refractivity contribution is 5.29. The first-order valence-electron chi connectivity index (χ1n) is 4.73. The molecule has 15 heavy (non-hydrogen) atoms. The van der Waals surface area contributed by atoms with Gasteiger partial charge in [-0.2, -0.15) is 5.26 Å². The van der Waals surface area contributed by atoms with E-state index in [4.69, 9.17) is 15.7 Å². The summed E-state index contributed by atoms with van der Waals surface area (Å²) in [6.07, 6.45) is 1.59. The average molecular weight is 205 g/mol. The van der Waals surface area contributed by atoms with Crippen molar-refractivity contribution >= 4 is 0 Å². The maximum Gasteiger partial charge on any atom is 0.145 e. The maximum absolute atomic E-state index is 8.78. The molecule has 1 heterocycles. The van der Waals surface area contributed by atoms with Crippen molar-refractivity contribution < 1.29 is 4.74 Å². The third kappa shape index (κ3) is 4.07. The lowest BCUT2D eigenvalue weighted by Crippen LogP contribution is -2.37. The van der Waals surface area contributed by atoms with Gasteiger partial charge in [0.25, 0.3) is 0 Å². The topological polar surface area (TPSA) is 71.9 Å². The SMILES string of the molecule is CC(C)(N)COCc1cccnc1C#N. The summed E-state index contributed by atoms with van der Waals surface area (Å²) >= 11 is 0. The van der Waals surface area contributed by atoms with E-state index in [2.05, 4.69) is 4.98 Å². The minimum absolute atomic E-state index is 0.352. The summed E-state index contributed by atoms with van der Waals surface area (Å²) in [5.41, 5.74) is 6.62. The number of rotatable bonds is 4. The van der Waals surface area contributed by atoms with Crippen LogP contribution in [0.2, 0.25) is 0 Å². The molecule has 0 aliphatic rings. The number of hydrogen-bond donors (Lipinski definition) is 1. The van der Waals surface area contributed by atoms with Crippen molar-refractivity contribution in [3.8, 4) is 6.07 Å². The predicted molar refractivity (Wildman–Crippen MR) is 56.9 cm³/mol. The van der Waals surface area contributed by atoms with E-state index < -0.39 is 0 Å². The second-order valence-corrected chi connectivity index (χ2v) is 4.10. The minimum atomic E-state index is -0.352. The third-order valence-electron chi connectivity index (χ3n) is 1.73. The van der Waals surface area contributed by atoms with Crippen LogP contribution < -0.4 is 5.73 Å². The Morgan fingerprint density at radius 1 is 1.60 bits per heavy atom. The number of aromatic nitrogens is 1. The van der Waals surface area contributed by atoms with Gasteiger partial charge >= 0.3 is 0 Å². The Morgan fingerprint density at radius 2 is 2.33 bits per heavy atom. The van der Waals surface area contributed by atoms with Crippen molar-refractivity contribution in [1.82, 2.24) is 4.98 Å². The Balaban J connectivity index is 2.55. The van der Waals surface area contributed by atoms with Crippen LogP contribution in [0.3, 0.4) is 0 Å². The standard InChI is InChI=1S/C11H15N3O/c1-11(2,13)8-15-7-9-4-3-5-14-10(9)6-12/h3-5H,7-8,13H2,1-2H3. The van der Waals surface area contributed by atoms with Crippen molar-refractivity contribution in [3.63, 3.8) is 0 Å². The van der Waals surface area contributed by atoms with Crippen LogP contribution in [0.25, 0.3) is 0 Å². The number of ether oxygens (including phenoxy) is 1. The highest BCUT2D eigenvalue weighted by Crippen LogP contribution is 2.07. The molecule has 0 aliphatic carbocycles. The van der Waals surface area contributed by atoms with Crippen LogP contribution in [0.1, 0.15) is 25.1 Å². The molecule has 2 N–H and O–H groups in total. The Morgan fingerprint density at radius 3 is 2.93 bits per heavy atom. The molecule has 0 radical (unpaired) electrons. The molecule has 0 aromatic carbocycles. The van der Waals surface area contributed by atoms with Gasteiger partial charge in [0, 0.05) is 17.3 Å². The fraction of sp³-hybridized carbons (Fsp3) is 0.455. The molecule has 0 spiro atoms. The van der Waals surface area contributed by atoms with Gasteiger partial charge in [-0.1, -0.05) is 6.07 Å². The highest BCUT2D eigenvalue weighted by Gasteiger charge is 2.11. The van der Waals surface area contributed by atoms with E-state index in [1.54, 1.807) is 12.3 Å². The molecule has 0 saturated carbocycles. The van der Waals surface area contributed by atoms with Crippen LogP contribution in [0, 0.1) is 11.3 Å². The van der Waals surface area contributed by atoms with Crippen LogP contribution >= 0.6 is 0 Å². The van der Waals surface area contributed by atoms with Gasteiger partial charge in [0.15, 0.2) is 0 Å². The molecule has 0 aliphatic heterocycles. The summed E-state index contributed by atoms with van der Waals surface area (Å²) in [4.78, 5) is 3.94. The summed E-state index contributed by atoms with van der Waals surface area (Å²) in [5, 5.41) is 8.78. The molecule has 1 rings (SSSR count). The zero-order chi connectivity index (χ0) is 11.3. The molecular formula is C11H15N3O. The van der Waals surface area contributed by atoms with Crippen molar-refractivity contribution in [2.45, 2.75) is 26.0 Å². The molecule has 0 unspecified atom stereocenters. The van der Waals surface area contributed by atoms with Crippen LogP contribution in [-0.4, -0.2) is 17.1 Å². The first kappa shape index (κ1) is 11.6. The number of hydrogen-bond acceptors (Lipinski definition) is 4. The van der Waals surface area contributed by atoms with E-state index in [0.717, 1.165) is 5.56 Å². The summed E-state index contributed by atoms with van der Waals surface area (Å²) in [5.74, 6) is 0. The van der Waals surface area contributed by atoms with E-state index in [9.17, 15) is 0 Å². The van der Waals surface area contributed by atoms with Crippen molar-refractivity contribution in [2.75, 3.05) is 6.61 Å². The van der Waals surface area contributed by atoms with Gasteiger partial charge in [-0.25, -0.2) is 4.98 Å². The number of pyridine rings is 1. The minimum Gasteiger partial charge on any atom is -0.375 e. The Hall–Kier alpha value is -1.44. The predicted octanol–water partition coefficient (Wildman–Crippen LogP) is 1.21. The fourth-order valence-electron chi connectivity index (χ4n) is 1.08.